The summed E-state index contributed by atoms with van der Waals surface area (Å²) in [4.78, 5) is 7.55. The summed E-state index contributed by atoms with van der Waals surface area (Å²) in [6, 6.07) is 7.52. The SMILES string of the molecule is COc1ccc(S(=O)(=O)[N-]c2ncccn2)cc1. The second kappa shape index (κ2) is 5.01. The van der Waals surface area contributed by atoms with Gasteiger partial charge in [0.05, 0.1) is 12.0 Å². The standard InChI is InChI=1S/C11H10N3O3S/c1-17-9-3-5-10(6-4-9)18(15,16)14-11-12-7-2-8-13-11/h2-8H,1H3/q-1. The molecule has 0 aliphatic carbocycles. The molecule has 1 heterocycles. The first-order valence-corrected chi connectivity index (χ1v) is 6.45. The Morgan fingerprint density at radius 3 is 2.28 bits per heavy atom. The minimum Gasteiger partial charge on any atom is -0.497 e. The number of sulfonamides is 1. The summed E-state index contributed by atoms with van der Waals surface area (Å²) >= 11 is 0. The Balaban J connectivity index is 2.25. The van der Waals surface area contributed by atoms with Gasteiger partial charge in [-0.25, -0.2) is 8.42 Å². The van der Waals surface area contributed by atoms with Crippen LogP contribution in [0.3, 0.4) is 0 Å². The van der Waals surface area contributed by atoms with Gasteiger partial charge in [-0.2, -0.15) is 0 Å². The van der Waals surface area contributed by atoms with Crippen molar-refractivity contribution in [3.05, 3.63) is 47.4 Å². The third kappa shape index (κ3) is 2.75. The fourth-order valence-electron chi connectivity index (χ4n) is 1.25. The predicted octanol–water partition coefficient (Wildman–Crippen LogP) is 1.88. The molecule has 0 fully saturated rings. The van der Waals surface area contributed by atoms with Gasteiger partial charge in [0.1, 0.15) is 5.75 Å². The molecule has 0 N–H and O–H groups in total. The Bertz CT molecular complexity index is 612. The molecule has 6 nitrogen and oxygen atoms in total. The van der Waals surface area contributed by atoms with Crippen LogP contribution in [0.2, 0.25) is 0 Å². The lowest BCUT2D eigenvalue weighted by Crippen LogP contribution is -1.99. The van der Waals surface area contributed by atoms with E-state index in [-0.39, 0.29) is 10.8 Å². The van der Waals surface area contributed by atoms with Crippen molar-refractivity contribution in [2.24, 2.45) is 0 Å². The van der Waals surface area contributed by atoms with Crippen molar-refractivity contribution in [3.8, 4) is 5.75 Å². The van der Waals surface area contributed by atoms with E-state index in [1.807, 2.05) is 0 Å². The van der Waals surface area contributed by atoms with E-state index in [2.05, 4.69) is 14.7 Å². The van der Waals surface area contributed by atoms with Crippen LogP contribution in [0.5, 0.6) is 5.75 Å². The Hall–Kier alpha value is -2.15. The van der Waals surface area contributed by atoms with Crippen LogP contribution in [0.25, 0.3) is 4.72 Å². The minimum absolute atomic E-state index is 0.0655. The molecular formula is C11H10N3O3S-. The third-order valence-corrected chi connectivity index (χ3v) is 3.38. The maximum atomic E-state index is 11.9. The Kier molecular flexibility index (Phi) is 3.42. The zero-order valence-electron chi connectivity index (χ0n) is 9.52. The van der Waals surface area contributed by atoms with Crippen molar-refractivity contribution in [1.29, 1.82) is 0 Å². The van der Waals surface area contributed by atoms with Crippen molar-refractivity contribution >= 4 is 16.0 Å². The van der Waals surface area contributed by atoms with Gasteiger partial charge in [0.15, 0.2) is 0 Å². The maximum Gasteiger partial charge on any atom is 0.229 e. The van der Waals surface area contributed by atoms with Crippen LogP contribution in [0.1, 0.15) is 0 Å². The molecule has 2 rings (SSSR count). The molecular weight excluding hydrogens is 254 g/mol. The van der Waals surface area contributed by atoms with Gasteiger partial charge in [-0.05, 0) is 36.7 Å². The van der Waals surface area contributed by atoms with E-state index in [1.165, 1.54) is 31.6 Å². The van der Waals surface area contributed by atoms with Crippen LogP contribution in [0.15, 0.2) is 47.6 Å². The molecule has 0 atom stereocenters. The van der Waals surface area contributed by atoms with Crippen molar-refractivity contribution in [2.45, 2.75) is 4.90 Å². The monoisotopic (exact) mass is 264 g/mol. The first kappa shape index (κ1) is 12.3. The summed E-state index contributed by atoms with van der Waals surface area (Å²) in [7, 11) is -2.29. The fourth-order valence-corrected chi connectivity index (χ4v) is 2.14. The zero-order chi connectivity index (χ0) is 13.0. The van der Waals surface area contributed by atoms with Crippen LogP contribution in [0.4, 0.5) is 5.95 Å². The van der Waals surface area contributed by atoms with Gasteiger partial charge in [0.25, 0.3) is 0 Å². The topological polar surface area (TPSA) is 83.3 Å². The first-order valence-electron chi connectivity index (χ1n) is 5.01. The van der Waals surface area contributed by atoms with E-state index in [1.54, 1.807) is 18.2 Å². The molecule has 0 saturated carbocycles. The number of ether oxygens (including phenoxy) is 1. The number of hydrogen-bond acceptors (Lipinski definition) is 5. The molecule has 0 aliphatic heterocycles. The molecule has 0 radical (unpaired) electrons. The van der Waals surface area contributed by atoms with Crippen LogP contribution >= 0.6 is 0 Å². The summed E-state index contributed by atoms with van der Waals surface area (Å²) in [5.74, 6) is 0.484. The Morgan fingerprint density at radius 2 is 1.72 bits per heavy atom. The molecule has 94 valence electrons. The van der Waals surface area contributed by atoms with Gasteiger partial charge < -0.3 is 14.7 Å². The Labute approximate surface area is 105 Å². The summed E-state index contributed by atoms with van der Waals surface area (Å²) in [6.45, 7) is 0. The average Bonchev–Trinajstić information content (AvgIpc) is 2.39. The van der Waals surface area contributed by atoms with Gasteiger partial charge in [-0.1, -0.05) is 6.07 Å². The smallest absolute Gasteiger partial charge is 0.229 e. The van der Waals surface area contributed by atoms with Crippen LogP contribution in [-0.2, 0) is 10.0 Å². The molecule has 0 saturated heterocycles. The molecule has 18 heavy (non-hydrogen) atoms. The Morgan fingerprint density at radius 1 is 1.11 bits per heavy atom. The summed E-state index contributed by atoms with van der Waals surface area (Å²) < 4.78 is 32.3. The summed E-state index contributed by atoms with van der Waals surface area (Å²) in [5.41, 5.74) is 0. The zero-order valence-corrected chi connectivity index (χ0v) is 10.3. The highest BCUT2D eigenvalue weighted by Gasteiger charge is 2.11. The van der Waals surface area contributed by atoms with Gasteiger partial charge in [0.2, 0.25) is 10.0 Å². The summed E-state index contributed by atoms with van der Waals surface area (Å²) in [6.07, 6.45) is 2.85. The molecule has 0 spiro atoms. The van der Waals surface area contributed by atoms with Crippen molar-refractivity contribution < 1.29 is 13.2 Å². The molecule has 0 unspecified atom stereocenters. The highest BCUT2D eigenvalue weighted by atomic mass is 32.2. The number of rotatable bonds is 4. The number of methoxy groups -OCH3 is 1. The van der Waals surface area contributed by atoms with E-state index in [9.17, 15) is 8.42 Å². The van der Waals surface area contributed by atoms with Crippen molar-refractivity contribution in [1.82, 2.24) is 9.97 Å². The van der Waals surface area contributed by atoms with E-state index in [0.717, 1.165) is 0 Å². The van der Waals surface area contributed by atoms with Gasteiger partial charge >= 0.3 is 0 Å². The number of hydrogen-bond donors (Lipinski definition) is 0. The first-order chi connectivity index (χ1) is 8.62. The molecule has 1 aromatic carbocycles. The molecule has 2 aromatic rings. The highest BCUT2D eigenvalue weighted by molar-refractivity contribution is 7.94. The van der Waals surface area contributed by atoms with E-state index >= 15 is 0 Å². The van der Waals surface area contributed by atoms with E-state index < -0.39 is 10.0 Å². The second-order valence-corrected chi connectivity index (χ2v) is 4.89. The lowest BCUT2D eigenvalue weighted by molar-refractivity contribution is 0.414. The van der Waals surface area contributed by atoms with Gasteiger partial charge in [-0.15, -0.1) is 0 Å². The second-order valence-electron chi connectivity index (χ2n) is 3.29. The number of aromatic nitrogens is 2. The van der Waals surface area contributed by atoms with Crippen LogP contribution < -0.4 is 4.74 Å². The van der Waals surface area contributed by atoms with Crippen molar-refractivity contribution in [3.63, 3.8) is 0 Å². The quantitative estimate of drug-likeness (QED) is 0.841. The van der Waals surface area contributed by atoms with Crippen LogP contribution in [-0.4, -0.2) is 25.5 Å². The fraction of sp³-hybridized carbons (Fsp3) is 0.0909. The third-order valence-electron chi connectivity index (χ3n) is 2.11. The summed E-state index contributed by atoms with van der Waals surface area (Å²) in [5, 5.41) is 0. The largest absolute Gasteiger partial charge is 0.497 e. The predicted molar refractivity (Wildman–Crippen MR) is 65.2 cm³/mol. The van der Waals surface area contributed by atoms with Gasteiger partial charge in [-0.3, -0.25) is 4.72 Å². The van der Waals surface area contributed by atoms with E-state index in [4.69, 9.17) is 4.74 Å². The molecule has 0 aliphatic rings. The lowest BCUT2D eigenvalue weighted by atomic mass is 10.3. The minimum atomic E-state index is -3.79. The molecule has 7 heteroatoms. The number of nitrogens with zero attached hydrogens (tertiary/aromatic N) is 3. The highest BCUT2D eigenvalue weighted by Crippen LogP contribution is 2.24. The molecule has 1 aromatic heterocycles. The van der Waals surface area contributed by atoms with E-state index in [0.29, 0.717) is 5.75 Å². The lowest BCUT2D eigenvalue weighted by Gasteiger charge is -2.12. The molecule has 0 amide bonds. The molecule has 0 bridgehead atoms. The number of benzene rings is 1. The van der Waals surface area contributed by atoms with Crippen LogP contribution in [0, 0.1) is 0 Å². The maximum absolute atomic E-state index is 11.9. The van der Waals surface area contributed by atoms with Crippen molar-refractivity contribution in [2.75, 3.05) is 7.11 Å². The van der Waals surface area contributed by atoms with Gasteiger partial charge in [0, 0.05) is 5.95 Å². The average molecular weight is 264 g/mol. The normalized spacial score (nSPS) is 10.9.